The molecule has 0 bridgehead atoms. The van der Waals surface area contributed by atoms with E-state index in [9.17, 15) is 4.79 Å². The molecule has 16 heavy (non-hydrogen) atoms. The van der Waals surface area contributed by atoms with Crippen LogP contribution in [0.2, 0.25) is 0 Å². The van der Waals surface area contributed by atoms with Crippen LogP contribution in [-0.2, 0) is 0 Å². The van der Waals surface area contributed by atoms with Gasteiger partial charge in [0, 0.05) is 12.6 Å². The Morgan fingerprint density at radius 1 is 1.69 bits per heavy atom. The molecule has 0 aromatic carbocycles. The molecular weight excluding hydrogens is 210 g/mol. The van der Waals surface area contributed by atoms with Crippen LogP contribution >= 0.6 is 0 Å². The first-order chi connectivity index (χ1) is 7.54. The van der Waals surface area contributed by atoms with Crippen LogP contribution in [-0.4, -0.2) is 49.8 Å². The Labute approximate surface area is 94.5 Å². The van der Waals surface area contributed by atoms with Gasteiger partial charge in [0.25, 0.3) is 5.91 Å². The van der Waals surface area contributed by atoms with Crippen molar-refractivity contribution in [3.63, 3.8) is 0 Å². The summed E-state index contributed by atoms with van der Waals surface area (Å²) in [4.78, 5) is 13.6. The van der Waals surface area contributed by atoms with Crippen molar-refractivity contribution in [1.29, 1.82) is 0 Å². The Morgan fingerprint density at radius 2 is 2.38 bits per heavy atom. The lowest BCUT2D eigenvalue weighted by molar-refractivity contribution is 0.0934. The van der Waals surface area contributed by atoms with Gasteiger partial charge in [0.15, 0.2) is 5.69 Å². The minimum Gasteiger partial charge on any atom is -0.467 e. The molecule has 1 aromatic heterocycles. The Bertz CT molecular complexity index is 349. The second-order valence-electron chi connectivity index (χ2n) is 3.76. The van der Waals surface area contributed by atoms with Gasteiger partial charge in [0.05, 0.1) is 13.2 Å². The largest absolute Gasteiger partial charge is 0.467 e. The first-order valence-electron chi connectivity index (χ1n) is 5.00. The maximum atomic E-state index is 11.6. The van der Waals surface area contributed by atoms with Gasteiger partial charge in [-0.05, 0) is 21.0 Å². The fourth-order valence-electron chi connectivity index (χ4n) is 0.975. The highest BCUT2D eigenvalue weighted by atomic mass is 16.6. The molecule has 6 nitrogen and oxygen atoms in total. The number of carbonyl (C=O) groups excluding carboxylic acids is 1. The van der Waals surface area contributed by atoms with Crippen molar-refractivity contribution in [3.8, 4) is 5.95 Å². The molecule has 0 spiro atoms. The number of carbonyl (C=O) groups is 1. The highest BCUT2D eigenvalue weighted by molar-refractivity contribution is 5.92. The number of methoxy groups -OCH3 is 1. The molecule has 1 rings (SSSR count). The zero-order chi connectivity index (χ0) is 12.1. The predicted octanol–water partition coefficient (Wildman–Crippen LogP) is 0.363. The molecule has 0 aliphatic heterocycles. The summed E-state index contributed by atoms with van der Waals surface area (Å²) >= 11 is 0. The van der Waals surface area contributed by atoms with Crippen molar-refractivity contribution in [2.75, 3.05) is 27.7 Å². The summed E-state index contributed by atoms with van der Waals surface area (Å²) in [6, 6.07) is 1.72. The van der Waals surface area contributed by atoms with Gasteiger partial charge in [-0.1, -0.05) is 5.16 Å². The highest BCUT2D eigenvalue weighted by Crippen LogP contribution is 2.10. The second-order valence-corrected chi connectivity index (χ2v) is 3.76. The van der Waals surface area contributed by atoms with E-state index in [1.807, 2.05) is 25.9 Å². The van der Waals surface area contributed by atoms with Crippen LogP contribution in [0.4, 0.5) is 0 Å². The fraction of sp³-hybridized carbons (Fsp3) is 0.600. The molecule has 90 valence electrons. The molecule has 0 radical (unpaired) electrons. The Morgan fingerprint density at radius 3 is 2.88 bits per heavy atom. The van der Waals surface area contributed by atoms with E-state index in [1.54, 1.807) is 0 Å². The summed E-state index contributed by atoms with van der Waals surface area (Å²) in [7, 11) is 5.36. The van der Waals surface area contributed by atoms with Gasteiger partial charge in [0.1, 0.15) is 0 Å². The van der Waals surface area contributed by atoms with Crippen LogP contribution < -0.4 is 10.1 Å². The van der Waals surface area contributed by atoms with E-state index >= 15 is 0 Å². The van der Waals surface area contributed by atoms with Crippen molar-refractivity contribution < 1.29 is 14.1 Å². The zero-order valence-corrected chi connectivity index (χ0v) is 9.98. The number of hydrogen-bond donors (Lipinski definition) is 1. The van der Waals surface area contributed by atoms with Crippen molar-refractivity contribution in [1.82, 2.24) is 15.4 Å². The Hall–Kier alpha value is -1.56. The van der Waals surface area contributed by atoms with E-state index in [2.05, 4.69) is 10.5 Å². The molecule has 0 saturated carbocycles. The summed E-state index contributed by atoms with van der Waals surface area (Å²) < 4.78 is 9.54. The molecule has 0 aliphatic rings. The summed E-state index contributed by atoms with van der Waals surface area (Å²) in [5.74, 6) is -0.0356. The molecule has 1 atom stereocenters. The quantitative estimate of drug-likeness (QED) is 0.786. The number of nitrogens with one attached hydrogen (secondary N) is 1. The van der Waals surface area contributed by atoms with Gasteiger partial charge < -0.3 is 19.5 Å². The topological polar surface area (TPSA) is 67.6 Å². The molecule has 0 fully saturated rings. The van der Waals surface area contributed by atoms with E-state index in [4.69, 9.17) is 9.26 Å². The van der Waals surface area contributed by atoms with Crippen LogP contribution in [0.5, 0.6) is 5.95 Å². The van der Waals surface area contributed by atoms with E-state index in [0.29, 0.717) is 6.54 Å². The van der Waals surface area contributed by atoms with E-state index < -0.39 is 0 Å². The van der Waals surface area contributed by atoms with Gasteiger partial charge in [0.2, 0.25) is 0 Å². The first kappa shape index (κ1) is 12.5. The van der Waals surface area contributed by atoms with Crippen LogP contribution in [0.3, 0.4) is 0 Å². The van der Waals surface area contributed by atoms with Crippen molar-refractivity contribution in [3.05, 3.63) is 11.8 Å². The minimum absolute atomic E-state index is 0.225. The molecule has 1 N–H and O–H groups in total. The van der Waals surface area contributed by atoms with Crippen LogP contribution in [0.15, 0.2) is 10.6 Å². The number of amides is 1. The summed E-state index contributed by atoms with van der Waals surface area (Å²) in [6.45, 7) is 2.57. The van der Waals surface area contributed by atoms with Crippen molar-refractivity contribution in [2.24, 2.45) is 0 Å². The smallest absolute Gasteiger partial charge is 0.311 e. The number of nitrogens with zero attached hydrogens (tertiary/aromatic N) is 2. The molecule has 0 saturated heterocycles. The third kappa shape index (κ3) is 3.23. The number of ether oxygens (including phenoxy) is 1. The Kier molecular flexibility index (Phi) is 4.30. The minimum atomic E-state index is -0.263. The second kappa shape index (κ2) is 5.50. The zero-order valence-electron chi connectivity index (χ0n) is 9.98. The van der Waals surface area contributed by atoms with Gasteiger partial charge in [-0.15, -0.1) is 0 Å². The maximum absolute atomic E-state index is 11.6. The van der Waals surface area contributed by atoms with Crippen molar-refractivity contribution >= 4 is 5.91 Å². The van der Waals surface area contributed by atoms with E-state index in [0.717, 1.165) is 0 Å². The molecular formula is C10H17N3O3. The lowest BCUT2D eigenvalue weighted by Crippen LogP contribution is -2.38. The first-order valence-corrected chi connectivity index (χ1v) is 5.00. The number of likely N-dealkylation sites (N-methyl/N-ethyl adjacent to an activating group) is 1. The third-order valence-corrected chi connectivity index (χ3v) is 2.36. The van der Waals surface area contributed by atoms with E-state index in [-0.39, 0.29) is 23.6 Å². The SMILES string of the molecule is COc1cc(C(=O)NCC(C)N(C)C)no1. The third-order valence-electron chi connectivity index (χ3n) is 2.36. The number of rotatable bonds is 5. The maximum Gasteiger partial charge on any atom is 0.311 e. The normalized spacial score (nSPS) is 12.6. The molecule has 1 aromatic rings. The number of aromatic nitrogens is 1. The average molecular weight is 227 g/mol. The van der Waals surface area contributed by atoms with Crippen molar-refractivity contribution in [2.45, 2.75) is 13.0 Å². The van der Waals surface area contributed by atoms with Gasteiger partial charge in [-0.25, -0.2) is 0 Å². The molecule has 6 heteroatoms. The van der Waals surface area contributed by atoms with Crippen LogP contribution in [0, 0.1) is 0 Å². The number of hydrogen-bond acceptors (Lipinski definition) is 5. The predicted molar refractivity (Wildman–Crippen MR) is 58.5 cm³/mol. The molecule has 1 heterocycles. The van der Waals surface area contributed by atoms with Gasteiger partial charge >= 0.3 is 5.95 Å². The lowest BCUT2D eigenvalue weighted by atomic mass is 10.3. The summed E-state index contributed by atoms with van der Waals surface area (Å²) in [5, 5.41) is 6.34. The van der Waals surface area contributed by atoms with E-state index in [1.165, 1.54) is 13.2 Å². The van der Waals surface area contributed by atoms with Crippen LogP contribution in [0.25, 0.3) is 0 Å². The highest BCUT2D eigenvalue weighted by Gasteiger charge is 2.13. The molecule has 1 unspecified atom stereocenters. The lowest BCUT2D eigenvalue weighted by Gasteiger charge is -2.19. The van der Waals surface area contributed by atoms with Gasteiger partial charge in [-0.3, -0.25) is 4.79 Å². The molecule has 1 amide bonds. The Balaban J connectivity index is 2.46. The standard InChI is InChI=1S/C10H17N3O3/c1-7(13(2)3)6-11-10(14)8-5-9(15-4)16-12-8/h5,7H,6H2,1-4H3,(H,11,14). The van der Waals surface area contributed by atoms with Crippen LogP contribution in [0.1, 0.15) is 17.4 Å². The summed E-state index contributed by atoms with van der Waals surface area (Å²) in [6.07, 6.45) is 0. The molecule has 0 aliphatic carbocycles. The summed E-state index contributed by atoms with van der Waals surface area (Å²) in [5.41, 5.74) is 0.225. The van der Waals surface area contributed by atoms with Gasteiger partial charge in [-0.2, -0.15) is 0 Å². The average Bonchev–Trinajstić information content (AvgIpc) is 2.73. The monoisotopic (exact) mass is 227 g/mol. The fourth-order valence-corrected chi connectivity index (χ4v) is 0.975.